The highest BCUT2D eigenvalue weighted by molar-refractivity contribution is 6.29. The van der Waals surface area contributed by atoms with Crippen molar-refractivity contribution in [2.75, 3.05) is 26.2 Å². The summed E-state index contributed by atoms with van der Waals surface area (Å²) < 4.78 is 0. The van der Waals surface area contributed by atoms with Crippen LogP contribution in [0.5, 0.6) is 0 Å². The molecular formula is C14H20ClN3. The molecule has 1 aromatic heterocycles. The molecule has 0 radical (unpaired) electrons. The summed E-state index contributed by atoms with van der Waals surface area (Å²) >= 11 is 5.86. The first-order valence-electron chi connectivity index (χ1n) is 6.48. The molecule has 1 saturated heterocycles. The minimum absolute atomic E-state index is 0.426. The van der Waals surface area contributed by atoms with Crippen LogP contribution >= 0.6 is 11.6 Å². The van der Waals surface area contributed by atoms with Gasteiger partial charge in [-0.25, -0.2) is 4.98 Å². The van der Waals surface area contributed by atoms with Gasteiger partial charge in [-0.15, -0.1) is 6.58 Å². The second-order valence-electron chi connectivity index (χ2n) is 4.58. The molecule has 1 aliphatic heterocycles. The summed E-state index contributed by atoms with van der Waals surface area (Å²) in [7, 11) is 0. The lowest BCUT2D eigenvalue weighted by atomic mass is 10.0. The maximum Gasteiger partial charge on any atom is 0.129 e. The van der Waals surface area contributed by atoms with Gasteiger partial charge < -0.3 is 5.32 Å². The van der Waals surface area contributed by atoms with Crippen molar-refractivity contribution in [2.45, 2.75) is 18.9 Å². The standard InChI is InChI=1S/C14H20ClN3/c1-2-3-4-13(18-9-7-16-8-10-18)12-5-6-14(15)17-11-12/h2,5-6,11,13,16H,1,3-4,7-10H2/t13-/m1/s1. The van der Waals surface area contributed by atoms with Gasteiger partial charge in [-0.05, 0) is 24.5 Å². The minimum atomic E-state index is 0.426. The summed E-state index contributed by atoms with van der Waals surface area (Å²) in [6, 6.07) is 4.39. The minimum Gasteiger partial charge on any atom is -0.314 e. The zero-order valence-electron chi connectivity index (χ0n) is 10.6. The van der Waals surface area contributed by atoms with Crippen LogP contribution in [0.25, 0.3) is 0 Å². The molecule has 0 aliphatic carbocycles. The van der Waals surface area contributed by atoms with Crippen LogP contribution in [0.4, 0.5) is 0 Å². The van der Waals surface area contributed by atoms with Crippen LogP contribution in [-0.4, -0.2) is 36.1 Å². The zero-order chi connectivity index (χ0) is 12.8. The van der Waals surface area contributed by atoms with E-state index in [4.69, 9.17) is 11.6 Å². The third kappa shape index (κ3) is 3.55. The first-order chi connectivity index (χ1) is 8.81. The normalized spacial score (nSPS) is 18.5. The Morgan fingerprint density at radius 1 is 1.44 bits per heavy atom. The van der Waals surface area contributed by atoms with Crippen LogP contribution < -0.4 is 5.32 Å². The molecule has 4 heteroatoms. The number of nitrogens with zero attached hydrogens (tertiary/aromatic N) is 2. The Hall–Kier alpha value is -0.900. The Morgan fingerprint density at radius 3 is 2.83 bits per heavy atom. The smallest absolute Gasteiger partial charge is 0.129 e. The lowest BCUT2D eigenvalue weighted by Crippen LogP contribution is -2.45. The van der Waals surface area contributed by atoms with Crippen LogP contribution in [0.2, 0.25) is 5.15 Å². The summed E-state index contributed by atoms with van der Waals surface area (Å²) in [6.45, 7) is 8.12. The SMILES string of the molecule is C=CCC[C@H](c1ccc(Cl)nc1)N1CCNCC1. The topological polar surface area (TPSA) is 28.2 Å². The van der Waals surface area contributed by atoms with Crippen molar-refractivity contribution in [3.63, 3.8) is 0 Å². The molecule has 1 fully saturated rings. The Morgan fingerprint density at radius 2 is 2.22 bits per heavy atom. The Labute approximate surface area is 114 Å². The average molecular weight is 266 g/mol. The number of allylic oxidation sites excluding steroid dienone is 1. The molecule has 1 aliphatic rings. The van der Waals surface area contributed by atoms with Gasteiger partial charge in [0.05, 0.1) is 0 Å². The average Bonchev–Trinajstić information content (AvgIpc) is 2.42. The molecule has 0 amide bonds. The lowest BCUT2D eigenvalue weighted by Gasteiger charge is -2.35. The molecular weight excluding hydrogens is 246 g/mol. The largest absolute Gasteiger partial charge is 0.314 e. The third-order valence-electron chi connectivity index (χ3n) is 3.37. The van der Waals surface area contributed by atoms with Gasteiger partial charge in [0.2, 0.25) is 0 Å². The fourth-order valence-electron chi connectivity index (χ4n) is 2.41. The highest BCUT2D eigenvalue weighted by Crippen LogP contribution is 2.26. The van der Waals surface area contributed by atoms with Crippen molar-refractivity contribution in [1.82, 2.24) is 15.2 Å². The molecule has 0 spiro atoms. The maximum atomic E-state index is 5.86. The van der Waals surface area contributed by atoms with Crippen LogP contribution in [0, 0.1) is 0 Å². The predicted octanol–water partition coefficient (Wildman–Crippen LogP) is 2.65. The van der Waals surface area contributed by atoms with E-state index in [0.717, 1.165) is 39.0 Å². The number of rotatable bonds is 5. The molecule has 2 heterocycles. The molecule has 2 rings (SSSR count). The van der Waals surface area contributed by atoms with Gasteiger partial charge in [-0.2, -0.15) is 0 Å². The van der Waals surface area contributed by atoms with Gasteiger partial charge in [0.25, 0.3) is 0 Å². The molecule has 0 aromatic carbocycles. The first kappa shape index (κ1) is 13.5. The van der Waals surface area contributed by atoms with E-state index in [1.165, 1.54) is 5.56 Å². The highest BCUT2D eigenvalue weighted by atomic mass is 35.5. The van der Waals surface area contributed by atoms with Crippen molar-refractivity contribution in [2.24, 2.45) is 0 Å². The Kier molecular flexibility index (Phi) is 5.17. The van der Waals surface area contributed by atoms with E-state index in [-0.39, 0.29) is 0 Å². The van der Waals surface area contributed by atoms with E-state index in [1.807, 2.05) is 18.3 Å². The van der Waals surface area contributed by atoms with Gasteiger partial charge in [0.15, 0.2) is 0 Å². The van der Waals surface area contributed by atoms with E-state index in [0.29, 0.717) is 11.2 Å². The van der Waals surface area contributed by atoms with E-state index >= 15 is 0 Å². The van der Waals surface area contributed by atoms with Gasteiger partial charge in [0, 0.05) is 38.4 Å². The molecule has 18 heavy (non-hydrogen) atoms. The van der Waals surface area contributed by atoms with Crippen LogP contribution in [0.15, 0.2) is 31.0 Å². The number of nitrogens with one attached hydrogen (secondary N) is 1. The van der Waals surface area contributed by atoms with Gasteiger partial charge in [-0.1, -0.05) is 23.7 Å². The summed E-state index contributed by atoms with van der Waals surface area (Å²) in [6.07, 6.45) is 6.00. The second-order valence-corrected chi connectivity index (χ2v) is 4.97. The zero-order valence-corrected chi connectivity index (χ0v) is 11.4. The summed E-state index contributed by atoms with van der Waals surface area (Å²) in [5.74, 6) is 0. The molecule has 1 aromatic rings. The number of halogens is 1. The summed E-state index contributed by atoms with van der Waals surface area (Å²) in [5, 5.41) is 3.94. The van der Waals surface area contributed by atoms with Crippen molar-refractivity contribution in [3.8, 4) is 0 Å². The summed E-state index contributed by atoms with van der Waals surface area (Å²) in [5.41, 5.74) is 1.25. The third-order valence-corrected chi connectivity index (χ3v) is 3.60. The fourth-order valence-corrected chi connectivity index (χ4v) is 2.53. The highest BCUT2D eigenvalue weighted by Gasteiger charge is 2.21. The van der Waals surface area contributed by atoms with Gasteiger partial charge >= 0.3 is 0 Å². The van der Waals surface area contributed by atoms with Crippen molar-refractivity contribution in [1.29, 1.82) is 0 Å². The number of aromatic nitrogens is 1. The van der Waals surface area contributed by atoms with E-state index < -0.39 is 0 Å². The molecule has 98 valence electrons. The van der Waals surface area contributed by atoms with Crippen molar-refractivity contribution < 1.29 is 0 Å². The molecule has 1 N–H and O–H groups in total. The quantitative estimate of drug-likeness (QED) is 0.655. The van der Waals surface area contributed by atoms with Gasteiger partial charge in [-0.3, -0.25) is 4.90 Å². The van der Waals surface area contributed by atoms with Crippen molar-refractivity contribution in [3.05, 3.63) is 41.7 Å². The number of piperazine rings is 1. The number of pyridine rings is 1. The van der Waals surface area contributed by atoms with E-state index in [9.17, 15) is 0 Å². The van der Waals surface area contributed by atoms with Crippen molar-refractivity contribution >= 4 is 11.6 Å². The fraction of sp³-hybridized carbons (Fsp3) is 0.500. The molecule has 3 nitrogen and oxygen atoms in total. The molecule has 0 unspecified atom stereocenters. The van der Waals surface area contributed by atoms with Gasteiger partial charge in [0.1, 0.15) is 5.15 Å². The number of hydrogen-bond donors (Lipinski definition) is 1. The van der Waals surface area contributed by atoms with Crippen LogP contribution in [0.3, 0.4) is 0 Å². The lowest BCUT2D eigenvalue weighted by molar-refractivity contribution is 0.166. The molecule has 1 atom stereocenters. The Balaban J connectivity index is 2.12. The van der Waals surface area contributed by atoms with Crippen LogP contribution in [-0.2, 0) is 0 Å². The monoisotopic (exact) mass is 265 g/mol. The predicted molar refractivity (Wildman–Crippen MR) is 75.9 cm³/mol. The maximum absolute atomic E-state index is 5.86. The van der Waals surface area contributed by atoms with E-state index in [1.54, 1.807) is 0 Å². The van der Waals surface area contributed by atoms with E-state index in [2.05, 4.69) is 27.8 Å². The first-order valence-corrected chi connectivity index (χ1v) is 6.86. The molecule has 0 bridgehead atoms. The van der Waals surface area contributed by atoms with Crippen LogP contribution in [0.1, 0.15) is 24.4 Å². The molecule has 0 saturated carbocycles. The second kappa shape index (κ2) is 6.88. The summed E-state index contributed by atoms with van der Waals surface area (Å²) in [4.78, 5) is 6.72. The number of hydrogen-bond acceptors (Lipinski definition) is 3. The Bertz CT molecular complexity index is 371.